The Kier molecular flexibility index (Phi) is 4.89. The van der Waals surface area contributed by atoms with Crippen molar-refractivity contribution in [2.75, 3.05) is 6.61 Å². The molecule has 0 bridgehead atoms. The first-order chi connectivity index (χ1) is 9.40. The standard InChI is InChI=1S/C13H14N2O5/c1-4-10(17)13(5-2,8-16)20-9(3)15-7-6-11(18)14-12(15)19/h1-2,6-7,9-10,16-17H,8H2,3H3,(H,14,18,19)/t9-,10+,13-/m1/s1. The van der Waals surface area contributed by atoms with Gasteiger partial charge in [0.2, 0.25) is 0 Å². The number of ether oxygens (including phenoxy) is 1. The Morgan fingerprint density at radius 2 is 2.20 bits per heavy atom. The molecular weight excluding hydrogens is 264 g/mol. The number of terminal acetylenes is 2. The van der Waals surface area contributed by atoms with Crippen LogP contribution in [0.25, 0.3) is 0 Å². The number of rotatable bonds is 5. The fourth-order valence-corrected chi connectivity index (χ4v) is 1.56. The Hall–Kier alpha value is -2.32. The average Bonchev–Trinajstić information content (AvgIpc) is 2.43. The predicted molar refractivity (Wildman–Crippen MR) is 70.6 cm³/mol. The maximum Gasteiger partial charge on any atom is 0.330 e. The van der Waals surface area contributed by atoms with Gasteiger partial charge in [0.05, 0.1) is 6.61 Å². The number of aliphatic hydroxyl groups is 2. The van der Waals surface area contributed by atoms with E-state index in [1.807, 2.05) is 10.9 Å². The van der Waals surface area contributed by atoms with Crippen LogP contribution in [0.5, 0.6) is 0 Å². The Labute approximate surface area is 114 Å². The molecule has 1 aromatic heterocycles. The van der Waals surface area contributed by atoms with E-state index >= 15 is 0 Å². The van der Waals surface area contributed by atoms with E-state index in [4.69, 9.17) is 17.6 Å². The van der Waals surface area contributed by atoms with E-state index in [1.165, 1.54) is 13.1 Å². The van der Waals surface area contributed by atoms with E-state index < -0.39 is 35.8 Å². The minimum atomic E-state index is -1.84. The van der Waals surface area contributed by atoms with Crippen molar-refractivity contribution in [3.63, 3.8) is 0 Å². The van der Waals surface area contributed by atoms with Crippen molar-refractivity contribution in [2.24, 2.45) is 0 Å². The minimum Gasteiger partial charge on any atom is -0.392 e. The lowest BCUT2D eigenvalue weighted by Crippen LogP contribution is -2.48. The average molecular weight is 278 g/mol. The quantitative estimate of drug-likeness (QED) is 0.564. The van der Waals surface area contributed by atoms with Crippen LogP contribution >= 0.6 is 0 Å². The third-order valence-electron chi connectivity index (χ3n) is 2.70. The van der Waals surface area contributed by atoms with Crippen molar-refractivity contribution in [1.82, 2.24) is 9.55 Å². The predicted octanol–water partition coefficient (Wildman–Crippen LogP) is -1.57. The second-order valence-electron chi connectivity index (χ2n) is 4.00. The summed E-state index contributed by atoms with van der Waals surface area (Å²) in [6.45, 7) is 0.710. The maximum atomic E-state index is 11.6. The molecule has 0 aliphatic rings. The van der Waals surface area contributed by atoms with Crippen LogP contribution in [0, 0.1) is 24.7 Å². The summed E-state index contributed by atoms with van der Waals surface area (Å²) in [5, 5.41) is 19.0. The van der Waals surface area contributed by atoms with Gasteiger partial charge in [0.25, 0.3) is 5.56 Å². The first kappa shape index (κ1) is 15.7. The third-order valence-corrected chi connectivity index (χ3v) is 2.70. The van der Waals surface area contributed by atoms with Crippen molar-refractivity contribution >= 4 is 0 Å². The van der Waals surface area contributed by atoms with Gasteiger partial charge in [-0.2, -0.15) is 0 Å². The van der Waals surface area contributed by atoms with Crippen molar-refractivity contribution in [3.05, 3.63) is 33.1 Å². The number of hydrogen-bond acceptors (Lipinski definition) is 5. The number of aromatic amines is 1. The molecule has 0 aliphatic carbocycles. The number of aliphatic hydroxyl groups excluding tert-OH is 2. The van der Waals surface area contributed by atoms with Gasteiger partial charge in [-0.05, 0) is 6.92 Å². The van der Waals surface area contributed by atoms with Crippen molar-refractivity contribution < 1.29 is 14.9 Å². The molecule has 0 saturated heterocycles. The third kappa shape index (κ3) is 2.98. The summed E-state index contributed by atoms with van der Waals surface area (Å²) in [5.74, 6) is 4.07. The second-order valence-corrected chi connectivity index (χ2v) is 4.00. The van der Waals surface area contributed by atoms with E-state index in [9.17, 15) is 19.8 Å². The molecule has 1 aromatic rings. The minimum absolute atomic E-state index is 0.563. The van der Waals surface area contributed by atoms with E-state index in [0.29, 0.717) is 0 Å². The molecule has 3 N–H and O–H groups in total. The molecule has 7 heteroatoms. The van der Waals surface area contributed by atoms with Crippen LogP contribution in [0.2, 0.25) is 0 Å². The largest absolute Gasteiger partial charge is 0.392 e. The van der Waals surface area contributed by atoms with Crippen LogP contribution in [-0.2, 0) is 4.74 Å². The number of hydrogen-bond donors (Lipinski definition) is 3. The maximum absolute atomic E-state index is 11.6. The molecule has 1 heterocycles. The number of H-pyrrole nitrogens is 1. The summed E-state index contributed by atoms with van der Waals surface area (Å²) in [6.07, 6.45) is 9.00. The molecule has 1 rings (SSSR count). The molecule has 0 unspecified atom stereocenters. The van der Waals surface area contributed by atoms with E-state index in [2.05, 4.69) is 5.92 Å². The molecular formula is C13H14N2O5. The van der Waals surface area contributed by atoms with Crippen molar-refractivity contribution in [3.8, 4) is 24.7 Å². The van der Waals surface area contributed by atoms with Crippen LogP contribution in [0.4, 0.5) is 0 Å². The first-order valence-electron chi connectivity index (χ1n) is 5.62. The van der Waals surface area contributed by atoms with Gasteiger partial charge in [-0.1, -0.05) is 11.8 Å². The number of nitrogens with zero attached hydrogens (tertiary/aromatic N) is 1. The van der Waals surface area contributed by atoms with Gasteiger partial charge in [-0.25, -0.2) is 4.79 Å². The summed E-state index contributed by atoms with van der Waals surface area (Å²) in [6, 6.07) is 1.12. The van der Waals surface area contributed by atoms with Crippen LogP contribution < -0.4 is 11.2 Å². The molecule has 0 spiro atoms. The lowest BCUT2D eigenvalue weighted by atomic mass is 9.99. The molecule has 106 valence electrons. The zero-order chi connectivity index (χ0) is 15.3. The Balaban J connectivity index is 3.13. The van der Waals surface area contributed by atoms with Gasteiger partial charge in [0, 0.05) is 12.3 Å². The van der Waals surface area contributed by atoms with Crippen LogP contribution in [0.1, 0.15) is 13.2 Å². The monoisotopic (exact) mass is 278 g/mol. The van der Waals surface area contributed by atoms with Crippen LogP contribution in [-0.4, -0.2) is 38.1 Å². The fraction of sp³-hybridized carbons (Fsp3) is 0.385. The van der Waals surface area contributed by atoms with Crippen molar-refractivity contribution in [2.45, 2.75) is 24.9 Å². The Morgan fingerprint density at radius 1 is 1.55 bits per heavy atom. The van der Waals surface area contributed by atoms with E-state index in [1.54, 1.807) is 0 Å². The lowest BCUT2D eigenvalue weighted by Gasteiger charge is -2.32. The molecule has 0 fully saturated rings. The summed E-state index contributed by atoms with van der Waals surface area (Å²) >= 11 is 0. The molecule has 0 saturated carbocycles. The fourth-order valence-electron chi connectivity index (χ4n) is 1.56. The summed E-state index contributed by atoms with van der Waals surface area (Å²) in [5.41, 5.74) is -3.12. The highest BCUT2D eigenvalue weighted by molar-refractivity contribution is 5.20. The van der Waals surface area contributed by atoms with Crippen LogP contribution in [0.3, 0.4) is 0 Å². The lowest BCUT2D eigenvalue weighted by molar-refractivity contribution is -0.145. The molecule has 20 heavy (non-hydrogen) atoms. The highest BCUT2D eigenvalue weighted by Gasteiger charge is 2.38. The van der Waals surface area contributed by atoms with Gasteiger partial charge < -0.3 is 14.9 Å². The molecule has 0 amide bonds. The van der Waals surface area contributed by atoms with E-state index in [0.717, 1.165) is 10.6 Å². The second kappa shape index (κ2) is 6.22. The van der Waals surface area contributed by atoms with E-state index in [-0.39, 0.29) is 0 Å². The molecule has 0 aromatic carbocycles. The SMILES string of the molecule is C#C[C@H](O)[C@@](C#C)(CO)O[C@H](C)n1ccc(=O)[nH]c1=O. The molecule has 0 radical (unpaired) electrons. The van der Waals surface area contributed by atoms with Crippen molar-refractivity contribution in [1.29, 1.82) is 0 Å². The Bertz CT molecular complexity index is 663. The van der Waals surface area contributed by atoms with Gasteiger partial charge >= 0.3 is 5.69 Å². The summed E-state index contributed by atoms with van der Waals surface area (Å²) in [4.78, 5) is 24.6. The van der Waals surface area contributed by atoms with Gasteiger partial charge in [0.1, 0.15) is 6.23 Å². The van der Waals surface area contributed by atoms with Crippen LogP contribution in [0.15, 0.2) is 21.9 Å². The highest BCUT2D eigenvalue weighted by Crippen LogP contribution is 2.21. The molecule has 7 nitrogen and oxygen atoms in total. The molecule has 0 aliphatic heterocycles. The normalized spacial score (nSPS) is 16.4. The zero-order valence-electron chi connectivity index (χ0n) is 10.7. The first-order valence-corrected chi connectivity index (χ1v) is 5.62. The van der Waals surface area contributed by atoms with Gasteiger partial charge in [0.15, 0.2) is 11.7 Å². The summed E-state index contributed by atoms with van der Waals surface area (Å²) < 4.78 is 6.39. The molecule has 3 atom stereocenters. The smallest absolute Gasteiger partial charge is 0.330 e. The zero-order valence-corrected chi connectivity index (χ0v) is 10.7. The topological polar surface area (TPSA) is 105 Å². The highest BCUT2D eigenvalue weighted by atomic mass is 16.5. The van der Waals surface area contributed by atoms with Gasteiger partial charge in [-0.3, -0.25) is 14.3 Å². The Morgan fingerprint density at radius 3 is 2.65 bits per heavy atom. The van der Waals surface area contributed by atoms with Gasteiger partial charge in [-0.15, -0.1) is 12.8 Å². The number of aromatic nitrogens is 2. The number of nitrogens with one attached hydrogen (secondary N) is 1. The summed E-state index contributed by atoms with van der Waals surface area (Å²) in [7, 11) is 0.